The Bertz CT molecular complexity index is 1260. The van der Waals surface area contributed by atoms with Crippen molar-refractivity contribution < 1.29 is 9.53 Å². The standard InChI is InChI=1S/C27H27N5O2/c1-5-31-27(33)22-15-23(29)24(32-21-10-8-20(30-4)9-11-21)16-25(22)34-26-17(2)13-19(7-6-12-28)14-18(26)3/h8-11,13-16,32H,5-7,29H2,1-3H3,(H,31,33). The molecule has 3 aromatic carbocycles. The molecule has 0 saturated heterocycles. The van der Waals surface area contributed by atoms with E-state index in [1.165, 1.54) is 0 Å². The van der Waals surface area contributed by atoms with Gasteiger partial charge in [-0.1, -0.05) is 24.3 Å². The van der Waals surface area contributed by atoms with Crippen LogP contribution in [0.2, 0.25) is 0 Å². The number of hydrogen-bond donors (Lipinski definition) is 3. The lowest BCUT2D eigenvalue weighted by atomic mass is 10.0. The van der Waals surface area contributed by atoms with Gasteiger partial charge in [-0.15, -0.1) is 0 Å². The lowest BCUT2D eigenvalue weighted by Crippen LogP contribution is -2.23. The third-order valence-electron chi connectivity index (χ3n) is 5.27. The van der Waals surface area contributed by atoms with Gasteiger partial charge in [0.15, 0.2) is 5.69 Å². The number of nitrogen functional groups attached to an aromatic ring is 1. The van der Waals surface area contributed by atoms with Crippen LogP contribution >= 0.6 is 0 Å². The second-order valence-electron chi connectivity index (χ2n) is 7.90. The molecule has 0 aliphatic heterocycles. The first kappa shape index (κ1) is 24.2. The molecule has 0 bridgehead atoms. The summed E-state index contributed by atoms with van der Waals surface area (Å²) in [7, 11) is 0. The van der Waals surface area contributed by atoms with Crippen molar-refractivity contribution in [1.82, 2.24) is 5.32 Å². The van der Waals surface area contributed by atoms with Gasteiger partial charge < -0.3 is 21.1 Å². The number of ether oxygens (including phenoxy) is 1. The van der Waals surface area contributed by atoms with Gasteiger partial charge >= 0.3 is 0 Å². The number of hydrogen-bond acceptors (Lipinski definition) is 5. The average Bonchev–Trinajstić information content (AvgIpc) is 2.82. The first-order chi connectivity index (χ1) is 16.4. The third kappa shape index (κ3) is 5.65. The van der Waals surface area contributed by atoms with Crippen LogP contribution in [0.1, 0.15) is 40.4 Å². The molecular weight excluding hydrogens is 426 g/mol. The van der Waals surface area contributed by atoms with E-state index in [1.807, 2.05) is 32.9 Å². The van der Waals surface area contributed by atoms with Gasteiger partial charge in [-0.2, -0.15) is 5.26 Å². The molecule has 1 amide bonds. The van der Waals surface area contributed by atoms with Crippen molar-refractivity contribution in [1.29, 1.82) is 5.26 Å². The van der Waals surface area contributed by atoms with E-state index < -0.39 is 0 Å². The number of carbonyl (C=O) groups excluding carboxylic acids is 1. The van der Waals surface area contributed by atoms with Gasteiger partial charge in [0.1, 0.15) is 11.5 Å². The van der Waals surface area contributed by atoms with Crippen molar-refractivity contribution in [3.05, 3.63) is 82.2 Å². The SMILES string of the molecule is [C-]#[N+]c1ccc(Nc2cc(Oc3c(C)cc(CCC#N)cc3C)c(C(=O)NCC)cc2N)cc1. The Kier molecular flexibility index (Phi) is 7.74. The second-order valence-corrected chi connectivity index (χ2v) is 7.90. The molecule has 3 aromatic rings. The van der Waals surface area contributed by atoms with Gasteiger partial charge in [0.25, 0.3) is 5.91 Å². The van der Waals surface area contributed by atoms with E-state index in [9.17, 15) is 4.79 Å². The number of nitrogens with one attached hydrogen (secondary N) is 2. The normalized spacial score (nSPS) is 10.1. The molecule has 3 rings (SSSR count). The number of aryl methyl sites for hydroxylation is 3. The fraction of sp³-hybridized carbons (Fsp3) is 0.222. The Balaban J connectivity index is 2.01. The van der Waals surface area contributed by atoms with Crippen LogP contribution in [0.25, 0.3) is 4.85 Å². The van der Waals surface area contributed by atoms with Crippen molar-refractivity contribution in [2.45, 2.75) is 33.6 Å². The molecule has 0 spiro atoms. The summed E-state index contributed by atoms with van der Waals surface area (Å²) in [6, 6.07) is 16.5. The summed E-state index contributed by atoms with van der Waals surface area (Å²) in [4.78, 5) is 16.2. The molecule has 0 atom stereocenters. The average molecular weight is 454 g/mol. The first-order valence-electron chi connectivity index (χ1n) is 11.0. The van der Waals surface area contributed by atoms with E-state index in [2.05, 4.69) is 21.5 Å². The molecule has 0 aliphatic carbocycles. The molecule has 172 valence electrons. The largest absolute Gasteiger partial charge is 0.456 e. The molecule has 0 unspecified atom stereocenters. The van der Waals surface area contributed by atoms with Gasteiger partial charge in [-0.3, -0.25) is 4.79 Å². The Hall–Kier alpha value is -4.49. The Morgan fingerprint density at radius 3 is 2.41 bits per heavy atom. The van der Waals surface area contributed by atoms with Crippen molar-refractivity contribution >= 4 is 28.7 Å². The molecule has 0 aliphatic rings. The lowest BCUT2D eigenvalue weighted by Gasteiger charge is -2.19. The summed E-state index contributed by atoms with van der Waals surface area (Å²) >= 11 is 0. The Morgan fingerprint density at radius 2 is 1.82 bits per heavy atom. The van der Waals surface area contributed by atoms with Crippen molar-refractivity contribution in [2.24, 2.45) is 0 Å². The van der Waals surface area contributed by atoms with E-state index in [1.54, 1.807) is 36.4 Å². The monoisotopic (exact) mass is 453 g/mol. The maximum absolute atomic E-state index is 12.8. The highest BCUT2D eigenvalue weighted by Crippen LogP contribution is 2.37. The molecule has 7 nitrogen and oxygen atoms in total. The van der Waals surface area contributed by atoms with E-state index in [4.69, 9.17) is 22.3 Å². The molecule has 0 heterocycles. The number of nitrogens with two attached hydrogens (primary N) is 1. The number of benzene rings is 3. The summed E-state index contributed by atoms with van der Waals surface area (Å²) in [5.74, 6) is 0.748. The topological polar surface area (TPSA) is 105 Å². The molecule has 34 heavy (non-hydrogen) atoms. The van der Waals surface area contributed by atoms with Crippen LogP contribution in [-0.4, -0.2) is 12.5 Å². The van der Waals surface area contributed by atoms with E-state index in [0.717, 1.165) is 22.4 Å². The zero-order chi connectivity index (χ0) is 24.7. The zero-order valence-corrected chi connectivity index (χ0v) is 19.5. The minimum absolute atomic E-state index is 0.280. The van der Waals surface area contributed by atoms with Crippen LogP contribution in [0.3, 0.4) is 0 Å². The fourth-order valence-electron chi connectivity index (χ4n) is 3.65. The smallest absolute Gasteiger partial charge is 0.255 e. The van der Waals surface area contributed by atoms with Gasteiger partial charge in [-0.05, 0) is 62.1 Å². The van der Waals surface area contributed by atoms with Gasteiger partial charge in [0.2, 0.25) is 0 Å². The van der Waals surface area contributed by atoms with Crippen LogP contribution in [0.15, 0.2) is 48.5 Å². The number of amides is 1. The van der Waals surface area contributed by atoms with Crippen LogP contribution in [-0.2, 0) is 6.42 Å². The molecule has 0 aromatic heterocycles. The molecular formula is C27H27N5O2. The van der Waals surface area contributed by atoms with Crippen LogP contribution in [0.5, 0.6) is 11.5 Å². The maximum atomic E-state index is 12.8. The van der Waals surface area contributed by atoms with E-state index in [0.29, 0.717) is 53.5 Å². The minimum atomic E-state index is -0.280. The quantitative estimate of drug-likeness (QED) is 0.279. The lowest BCUT2D eigenvalue weighted by molar-refractivity contribution is 0.0953. The maximum Gasteiger partial charge on any atom is 0.255 e. The van der Waals surface area contributed by atoms with Crippen molar-refractivity contribution in [3.63, 3.8) is 0 Å². The highest BCUT2D eigenvalue weighted by Gasteiger charge is 2.18. The summed E-state index contributed by atoms with van der Waals surface area (Å²) in [6.07, 6.45) is 1.12. The molecule has 0 fully saturated rings. The van der Waals surface area contributed by atoms with Crippen molar-refractivity contribution in [2.75, 3.05) is 17.6 Å². The zero-order valence-electron chi connectivity index (χ0n) is 19.5. The van der Waals surface area contributed by atoms with Gasteiger partial charge in [0.05, 0.1) is 29.6 Å². The molecule has 7 heteroatoms. The fourth-order valence-corrected chi connectivity index (χ4v) is 3.65. The highest BCUT2D eigenvalue weighted by atomic mass is 16.5. The highest BCUT2D eigenvalue weighted by molar-refractivity contribution is 5.99. The number of rotatable bonds is 8. The summed E-state index contributed by atoms with van der Waals surface area (Å²) in [6.45, 7) is 13.3. The predicted molar refractivity (Wildman–Crippen MR) is 135 cm³/mol. The molecule has 0 radical (unpaired) electrons. The number of carbonyl (C=O) groups is 1. The van der Waals surface area contributed by atoms with Crippen molar-refractivity contribution in [3.8, 4) is 17.6 Å². The predicted octanol–water partition coefficient (Wildman–Crippen LogP) is 6.18. The minimum Gasteiger partial charge on any atom is -0.456 e. The summed E-state index contributed by atoms with van der Waals surface area (Å²) in [5.41, 5.74) is 11.8. The second kappa shape index (κ2) is 10.9. The van der Waals surface area contributed by atoms with E-state index >= 15 is 0 Å². The van der Waals surface area contributed by atoms with E-state index in [-0.39, 0.29) is 5.91 Å². The van der Waals surface area contributed by atoms with Crippen LogP contribution < -0.4 is 21.1 Å². The number of anilines is 3. The summed E-state index contributed by atoms with van der Waals surface area (Å²) in [5, 5.41) is 14.9. The van der Waals surface area contributed by atoms with Gasteiger partial charge in [0, 0.05) is 24.7 Å². The number of nitriles is 1. The Labute approximate surface area is 200 Å². The molecule has 4 N–H and O–H groups in total. The van der Waals surface area contributed by atoms with Crippen LogP contribution in [0.4, 0.5) is 22.7 Å². The summed E-state index contributed by atoms with van der Waals surface area (Å²) < 4.78 is 6.31. The third-order valence-corrected chi connectivity index (χ3v) is 5.27. The first-order valence-corrected chi connectivity index (χ1v) is 11.0. The Morgan fingerprint density at radius 1 is 1.15 bits per heavy atom. The van der Waals surface area contributed by atoms with Gasteiger partial charge in [-0.25, -0.2) is 4.85 Å². The van der Waals surface area contributed by atoms with Crippen LogP contribution in [0, 0.1) is 31.8 Å². The molecule has 0 saturated carbocycles. The number of nitrogens with zero attached hydrogens (tertiary/aromatic N) is 2.